The Morgan fingerprint density at radius 2 is 2.39 bits per heavy atom. The number of carbonyl (C=O) groups is 1. The molecule has 1 aromatic heterocycles. The number of nitrogens with zero attached hydrogens (tertiary/aromatic N) is 1. The Kier molecular flexibility index (Phi) is 3.01. The van der Waals surface area contributed by atoms with Crippen LogP contribution in [-0.2, 0) is 0 Å². The van der Waals surface area contributed by atoms with Crippen molar-refractivity contribution in [2.45, 2.75) is 38.6 Å². The van der Waals surface area contributed by atoms with Crippen molar-refractivity contribution in [2.75, 3.05) is 5.32 Å². The maximum Gasteiger partial charge on any atom is 0.357 e. The van der Waals surface area contributed by atoms with Gasteiger partial charge in [0.1, 0.15) is 5.00 Å². The second kappa shape index (κ2) is 4.53. The summed E-state index contributed by atoms with van der Waals surface area (Å²) < 4.78 is 0. The molecule has 2 aliphatic carbocycles. The van der Waals surface area contributed by atoms with E-state index < -0.39 is 5.97 Å². The summed E-state index contributed by atoms with van der Waals surface area (Å²) >= 11 is 1.38. The molecule has 0 saturated heterocycles. The van der Waals surface area contributed by atoms with Gasteiger partial charge in [0.15, 0.2) is 5.69 Å². The topological polar surface area (TPSA) is 62.2 Å². The largest absolute Gasteiger partial charge is 0.476 e. The number of carboxylic acids is 1. The van der Waals surface area contributed by atoms with Crippen LogP contribution in [0.2, 0.25) is 0 Å². The van der Waals surface area contributed by atoms with Crippen LogP contribution in [0, 0.1) is 17.8 Å². The van der Waals surface area contributed by atoms with Crippen molar-refractivity contribution < 1.29 is 9.90 Å². The smallest absolute Gasteiger partial charge is 0.357 e. The average Bonchev–Trinajstić information content (AvgIpc) is 3.03. The molecule has 4 nitrogen and oxygen atoms in total. The van der Waals surface area contributed by atoms with Gasteiger partial charge in [0.2, 0.25) is 0 Å². The fraction of sp³-hybridized carbons (Fsp3) is 0.692. The van der Waals surface area contributed by atoms with Crippen molar-refractivity contribution in [1.82, 2.24) is 4.98 Å². The lowest BCUT2D eigenvalue weighted by atomic mass is 9.84. The molecule has 3 rings (SSSR count). The van der Waals surface area contributed by atoms with Gasteiger partial charge in [-0.25, -0.2) is 9.78 Å². The molecule has 98 valence electrons. The first-order valence-corrected chi connectivity index (χ1v) is 7.46. The average molecular weight is 266 g/mol. The second-order valence-electron chi connectivity index (χ2n) is 5.61. The summed E-state index contributed by atoms with van der Waals surface area (Å²) in [6, 6.07) is 0.346. The van der Waals surface area contributed by atoms with Crippen LogP contribution in [0.5, 0.6) is 0 Å². The van der Waals surface area contributed by atoms with E-state index in [2.05, 4.69) is 17.2 Å². The molecule has 0 amide bonds. The molecule has 2 saturated carbocycles. The van der Waals surface area contributed by atoms with Gasteiger partial charge in [-0.2, -0.15) is 0 Å². The fourth-order valence-electron chi connectivity index (χ4n) is 3.72. The molecule has 2 N–H and O–H groups in total. The Morgan fingerprint density at radius 3 is 3.00 bits per heavy atom. The molecular weight excluding hydrogens is 248 g/mol. The van der Waals surface area contributed by atoms with Gasteiger partial charge in [-0.1, -0.05) is 6.42 Å². The summed E-state index contributed by atoms with van der Waals surface area (Å²) in [5, 5.41) is 13.1. The lowest BCUT2D eigenvalue weighted by Gasteiger charge is -2.28. The van der Waals surface area contributed by atoms with Crippen molar-refractivity contribution in [3.05, 3.63) is 11.2 Å². The number of aromatic nitrogens is 1. The van der Waals surface area contributed by atoms with E-state index in [1.54, 1.807) is 5.51 Å². The maximum atomic E-state index is 11.0. The molecule has 18 heavy (non-hydrogen) atoms. The zero-order chi connectivity index (χ0) is 12.7. The normalized spacial score (nSPS) is 31.5. The minimum Gasteiger partial charge on any atom is -0.476 e. The van der Waals surface area contributed by atoms with Crippen molar-refractivity contribution in [3.8, 4) is 0 Å². The molecule has 2 fully saturated rings. The predicted octanol–water partition coefficient (Wildman–Crippen LogP) is 3.08. The number of aromatic carboxylic acids is 1. The Balaban J connectivity index is 1.69. The highest BCUT2D eigenvalue weighted by atomic mass is 32.1. The highest BCUT2D eigenvalue weighted by Crippen LogP contribution is 2.50. The van der Waals surface area contributed by atoms with E-state index >= 15 is 0 Å². The van der Waals surface area contributed by atoms with Gasteiger partial charge < -0.3 is 10.4 Å². The van der Waals surface area contributed by atoms with Crippen molar-refractivity contribution in [2.24, 2.45) is 17.8 Å². The summed E-state index contributed by atoms with van der Waals surface area (Å²) in [5.41, 5.74) is 1.76. The van der Waals surface area contributed by atoms with E-state index in [0.717, 1.165) is 11.8 Å². The van der Waals surface area contributed by atoms with Gasteiger partial charge >= 0.3 is 5.97 Å². The lowest BCUT2D eigenvalue weighted by molar-refractivity contribution is 0.0692. The molecule has 0 aromatic carbocycles. The van der Waals surface area contributed by atoms with E-state index in [9.17, 15) is 4.79 Å². The second-order valence-corrected chi connectivity index (χ2v) is 6.46. The monoisotopic (exact) mass is 266 g/mol. The third kappa shape index (κ3) is 2.00. The summed E-state index contributed by atoms with van der Waals surface area (Å²) in [6.45, 7) is 2.18. The van der Waals surface area contributed by atoms with Crippen LogP contribution in [0.25, 0.3) is 0 Å². The number of thiazole rings is 1. The van der Waals surface area contributed by atoms with Gasteiger partial charge in [0, 0.05) is 6.04 Å². The molecule has 2 bridgehead atoms. The molecule has 0 radical (unpaired) electrons. The molecule has 1 heterocycles. The minimum atomic E-state index is -0.945. The van der Waals surface area contributed by atoms with E-state index in [1.807, 2.05) is 0 Å². The van der Waals surface area contributed by atoms with Crippen LogP contribution in [0.1, 0.15) is 43.1 Å². The van der Waals surface area contributed by atoms with Crippen LogP contribution >= 0.6 is 11.3 Å². The van der Waals surface area contributed by atoms with Crippen LogP contribution in [0.4, 0.5) is 5.00 Å². The predicted molar refractivity (Wildman–Crippen MR) is 71.1 cm³/mol. The maximum absolute atomic E-state index is 11.0. The molecule has 0 aliphatic heterocycles. The highest BCUT2D eigenvalue weighted by molar-refractivity contribution is 7.14. The van der Waals surface area contributed by atoms with Crippen molar-refractivity contribution >= 4 is 22.3 Å². The molecule has 0 spiro atoms. The first-order chi connectivity index (χ1) is 8.65. The molecule has 4 atom stereocenters. The zero-order valence-corrected chi connectivity index (χ0v) is 11.2. The molecular formula is C13H18N2O2S. The Bertz CT molecular complexity index is 460. The van der Waals surface area contributed by atoms with E-state index in [-0.39, 0.29) is 5.69 Å². The van der Waals surface area contributed by atoms with Gasteiger partial charge in [0.25, 0.3) is 0 Å². The SMILES string of the molecule is CC(Nc1scnc1C(=O)O)C1CC2CCC1C2. The first kappa shape index (κ1) is 12.0. The number of hydrogen-bond acceptors (Lipinski definition) is 4. The number of hydrogen-bond donors (Lipinski definition) is 2. The molecule has 5 heteroatoms. The fourth-order valence-corrected chi connectivity index (χ4v) is 4.49. The Hall–Kier alpha value is -1.10. The van der Waals surface area contributed by atoms with Gasteiger partial charge in [-0.15, -0.1) is 11.3 Å². The Morgan fingerprint density at radius 1 is 1.56 bits per heavy atom. The molecule has 2 aliphatic rings. The van der Waals surface area contributed by atoms with Gasteiger partial charge in [0.05, 0.1) is 5.51 Å². The summed E-state index contributed by atoms with van der Waals surface area (Å²) in [7, 11) is 0. The van der Waals surface area contributed by atoms with E-state index in [1.165, 1.54) is 37.0 Å². The first-order valence-electron chi connectivity index (χ1n) is 6.58. The van der Waals surface area contributed by atoms with Crippen LogP contribution in [0.15, 0.2) is 5.51 Å². The number of carboxylic acid groups (broad SMARTS) is 1. The number of anilines is 1. The van der Waals surface area contributed by atoms with Gasteiger partial charge in [-0.05, 0) is 43.9 Å². The highest BCUT2D eigenvalue weighted by Gasteiger charge is 2.42. The van der Waals surface area contributed by atoms with Crippen LogP contribution in [-0.4, -0.2) is 22.1 Å². The number of fused-ring (bicyclic) bond motifs is 2. The standard InChI is InChI=1S/C13H18N2O2S/c1-7(10-5-8-2-3-9(10)4-8)15-12-11(13(16)17)14-6-18-12/h6-10,15H,2-5H2,1H3,(H,16,17). The molecule has 1 aromatic rings. The third-order valence-electron chi connectivity index (χ3n) is 4.56. The van der Waals surface area contributed by atoms with Crippen molar-refractivity contribution in [3.63, 3.8) is 0 Å². The lowest BCUT2D eigenvalue weighted by Crippen LogP contribution is -2.30. The van der Waals surface area contributed by atoms with E-state index in [4.69, 9.17) is 5.11 Å². The van der Waals surface area contributed by atoms with Crippen molar-refractivity contribution in [1.29, 1.82) is 0 Å². The molecule has 4 unspecified atom stereocenters. The summed E-state index contributed by atoms with van der Waals surface area (Å²) in [5.74, 6) is 1.52. The van der Waals surface area contributed by atoms with E-state index in [0.29, 0.717) is 17.0 Å². The number of nitrogens with one attached hydrogen (secondary N) is 1. The summed E-state index contributed by atoms with van der Waals surface area (Å²) in [4.78, 5) is 14.9. The minimum absolute atomic E-state index is 0.162. The van der Waals surface area contributed by atoms with Crippen LogP contribution in [0.3, 0.4) is 0 Å². The van der Waals surface area contributed by atoms with Crippen LogP contribution < -0.4 is 5.32 Å². The Labute approximate surface area is 110 Å². The zero-order valence-electron chi connectivity index (χ0n) is 10.4. The summed E-state index contributed by atoms with van der Waals surface area (Å²) in [6.07, 6.45) is 5.44. The third-order valence-corrected chi connectivity index (χ3v) is 5.32. The van der Waals surface area contributed by atoms with Gasteiger partial charge in [-0.3, -0.25) is 0 Å². The number of rotatable bonds is 4. The quantitative estimate of drug-likeness (QED) is 0.879.